The molecule has 0 atom stereocenters. The van der Waals surface area contributed by atoms with Gasteiger partial charge in [0.1, 0.15) is 0 Å². The van der Waals surface area contributed by atoms with Crippen molar-refractivity contribution in [2.24, 2.45) is 0 Å². The lowest BCUT2D eigenvalue weighted by Gasteiger charge is -2.27. The highest BCUT2D eigenvalue weighted by molar-refractivity contribution is 6.10. The second-order valence-electron chi connectivity index (χ2n) is 14.2. The van der Waals surface area contributed by atoms with E-state index in [4.69, 9.17) is 0 Å². The Morgan fingerprint density at radius 2 is 0.714 bits per heavy atom. The van der Waals surface area contributed by atoms with Crippen LogP contribution in [0.2, 0.25) is 0 Å². The van der Waals surface area contributed by atoms with E-state index in [1.54, 1.807) is 0 Å². The van der Waals surface area contributed by atoms with E-state index in [0.29, 0.717) is 0 Å². The molecule has 0 saturated carbocycles. The molecule has 0 radical (unpaired) electrons. The summed E-state index contributed by atoms with van der Waals surface area (Å²) in [4.78, 5) is 2.39. The Bertz CT molecular complexity index is 2910. The molecule has 1 heterocycles. The Morgan fingerprint density at radius 3 is 1.34 bits per heavy atom. The van der Waals surface area contributed by atoms with E-state index in [1.807, 2.05) is 0 Å². The summed E-state index contributed by atoms with van der Waals surface area (Å²) in [5.41, 5.74) is 16.3. The molecule has 264 valence electrons. The standard InChI is InChI=1S/C54H38N2/c1-5-15-39(16-6-1)41-25-29-43(30-26-41)49-35-33-47(37-52(49)44-31-27-42(28-32-44)40-17-7-2-8-18-40)55(45-19-9-3-10-20-45)48-34-36-51-50-23-13-14-24-53(50)56(54(51)38-48)46-21-11-4-12-22-46/h1-38H. The third kappa shape index (κ3) is 6.14. The maximum atomic E-state index is 2.39. The van der Waals surface area contributed by atoms with E-state index in [0.717, 1.165) is 22.7 Å². The molecule has 0 amide bonds. The van der Waals surface area contributed by atoms with Gasteiger partial charge in [-0.05, 0) is 99.1 Å². The topological polar surface area (TPSA) is 8.17 Å². The van der Waals surface area contributed by atoms with Gasteiger partial charge in [0.05, 0.1) is 11.0 Å². The van der Waals surface area contributed by atoms with Crippen LogP contribution in [0.3, 0.4) is 0 Å². The second-order valence-corrected chi connectivity index (χ2v) is 14.2. The van der Waals surface area contributed by atoms with Crippen LogP contribution in [0, 0.1) is 0 Å². The van der Waals surface area contributed by atoms with Gasteiger partial charge < -0.3 is 9.47 Å². The number of anilines is 3. The predicted octanol–water partition coefficient (Wildman–Crippen LogP) is 14.9. The highest BCUT2D eigenvalue weighted by atomic mass is 15.1. The van der Waals surface area contributed by atoms with Crippen molar-refractivity contribution < 1.29 is 0 Å². The molecule has 0 aliphatic rings. The van der Waals surface area contributed by atoms with Crippen LogP contribution in [0.4, 0.5) is 17.1 Å². The number of para-hydroxylation sites is 3. The zero-order chi connectivity index (χ0) is 37.3. The molecule has 0 saturated heterocycles. The molecule has 2 nitrogen and oxygen atoms in total. The first-order chi connectivity index (χ1) is 27.8. The summed E-state index contributed by atoms with van der Waals surface area (Å²) in [5, 5.41) is 2.47. The summed E-state index contributed by atoms with van der Waals surface area (Å²) in [5.74, 6) is 0. The summed E-state index contributed by atoms with van der Waals surface area (Å²) >= 11 is 0. The Kier molecular flexibility index (Phi) is 8.55. The van der Waals surface area contributed by atoms with Crippen LogP contribution >= 0.6 is 0 Å². The fourth-order valence-corrected chi connectivity index (χ4v) is 8.09. The lowest BCUT2D eigenvalue weighted by atomic mass is 9.91. The highest BCUT2D eigenvalue weighted by Crippen LogP contribution is 2.43. The monoisotopic (exact) mass is 714 g/mol. The maximum Gasteiger partial charge on any atom is 0.0561 e. The van der Waals surface area contributed by atoms with Crippen LogP contribution in [0.25, 0.3) is 72.0 Å². The number of aromatic nitrogens is 1. The number of hydrogen-bond acceptors (Lipinski definition) is 1. The molecule has 10 aromatic rings. The van der Waals surface area contributed by atoms with Gasteiger partial charge in [-0.1, -0.05) is 176 Å². The van der Waals surface area contributed by atoms with E-state index in [1.165, 1.54) is 66.3 Å². The van der Waals surface area contributed by atoms with Crippen LogP contribution in [-0.2, 0) is 0 Å². The lowest BCUT2D eigenvalue weighted by molar-refractivity contribution is 1.18. The number of hydrogen-bond donors (Lipinski definition) is 0. The Balaban J connectivity index is 1.15. The van der Waals surface area contributed by atoms with Gasteiger partial charge in [0.15, 0.2) is 0 Å². The molecule has 9 aromatic carbocycles. The molecule has 1 aromatic heterocycles. The quantitative estimate of drug-likeness (QED) is 0.152. The predicted molar refractivity (Wildman–Crippen MR) is 237 cm³/mol. The van der Waals surface area contributed by atoms with Crippen molar-refractivity contribution >= 4 is 38.9 Å². The smallest absolute Gasteiger partial charge is 0.0561 e. The lowest BCUT2D eigenvalue weighted by Crippen LogP contribution is -2.10. The molecule has 0 aliphatic carbocycles. The zero-order valence-electron chi connectivity index (χ0n) is 30.8. The summed E-state index contributed by atoms with van der Waals surface area (Å²) in [6.07, 6.45) is 0. The third-order valence-electron chi connectivity index (χ3n) is 10.8. The van der Waals surface area contributed by atoms with Crippen molar-refractivity contribution in [1.29, 1.82) is 0 Å². The zero-order valence-corrected chi connectivity index (χ0v) is 30.8. The van der Waals surface area contributed by atoms with Crippen LogP contribution in [0.15, 0.2) is 231 Å². The third-order valence-corrected chi connectivity index (χ3v) is 10.8. The number of fused-ring (bicyclic) bond motifs is 3. The molecule has 0 N–H and O–H groups in total. The Labute approximate surface area is 327 Å². The maximum absolute atomic E-state index is 2.39. The number of rotatable bonds is 8. The van der Waals surface area contributed by atoms with Gasteiger partial charge in [0.25, 0.3) is 0 Å². The molecule has 10 rings (SSSR count). The van der Waals surface area contributed by atoms with Crippen molar-refractivity contribution in [2.75, 3.05) is 4.90 Å². The van der Waals surface area contributed by atoms with Crippen molar-refractivity contribution in [3.05, 3.63) is 231 Å². The molecule has 0 bridgehead atoms. The first-order valence-corrected chi connectivity index (χ1v) is 19.2. The van der Waals surface area contributed by atoms with E-state index < -0.39 is 0 Å². The molecule has 0 unspecified atom stereocenters. The van der Waals surface area contributed by atoms with Gasteiger partial charge in [0, 0.05) is 33.5 Å². The van der Waals surface area contributed by atoms with Gasteiger partial charge in [-0.15, -0.1) is 0 Å². The van der Waals surface area contributed by atoms with Gasteiger partial charge in [-0.3, -0.25) is 0 Å². The average molecular weight is 715 g/mol. The minimum atomic E-state index is 1.09. The van der Waals surface area contributed by atoms with E-state index >= 15 is 0 Å². The van der Waals surface area contributed by atoms with Crippen molar-refractivity contribution in [2.45, 2.75) is 0 Å². The van der Waals surface area contributed by atoms with Gasteiger partial charge in [0.2, 0.25) is 0 Å². The fraction of sp³-hybridized carbons (Fsp3) is 0. The summed E-state index contributed by atoms with van der Waals surface area (Å²) in [6, 6.07) is 83.1. The molecular weight excluding hydrogens is 677 g/mol. The minimum Gasteiger partial charge on any atom is -0.310 e. The molecule has 2 heteroatoms. The summed E-state index contributed by atoms with van der Waals surface area (Å²) in [7, 11) is 0. The van der Waals surface area contributed by atoms with Crippen LogP contribution < -0.4 is 4.90 Å². The van der Waals surface area contributed by atoms with Crippen molar-refractivity contribution in [3.8, 4) is 50.2 Å². The van der Waals surface area contributed by atoms with Crippen LogP contribution in [0.5, 0.6) is 0 Å². The van der Waals surface area contributed by atoms with E-state index in [-0.39, 0.29) is 0 Å². The normalized spacial score (nSPS) is 11.2. The molecule has 0 fully saturated rings. The SMILES string of the molecule is c1ccc(-c2ccc(-c3ccc(N(c4ccccc4)c4ccc5c6ccccc6n(-c6ccccc6)c5c4)cc3-c3ccc(-c4ccccc4)cc3)cc2)cc1. The molecule has 0 aliphatic heterocycles. The molecule has 0 spiro atoms. The first-order valence-electron chi connectivity index (χ1n) is 19.2. The Morgan fingerprint density at radius 1 is 0.268 bits per heavy atom. The van der Waals surface area contributed by atoms with Crippen molar-refractivity contribution in [3.63, 3.8) is 0 Å². The highest BCUT2D eigenvalue weighted by Gasteiger charge is 2.19. The Hall–Kier alpha value is -7.42. The van der Waals surface area contributed by atoms with Gasteiger partial charge >= 0.3 is 0 Å². The van der Waals surface area contributed by atoms with Gasteiger partial charge in [-0.25, -0.2) is 0 Å². The van der Waals surface area contributed by atoms with Gasteiger partial charge in [-0.2, -0.15) is 0 Å². The number of nitrogens with zero attached hydrogens (tertiary/aromatic N) is 2. The van der Waals surface area contributed by atoms with Crippen molar-refractivity contribution in [1.82, 2.24) is 4.57 Å². The van der Waals surface area contributed by atoms with E-state index in [9.17, 15) is 0 Å². The second kappa shape index (κ2) is 14.4. The molecule has 56 heavy (non-hydrogen) atoms. The molecular formula is C54H38N2. The minimum absolute atomic E-state index is 1.09. The van der Waals surface area contributed by atoms with Crippen LogP contribution in [-0.4, -0.2) is 4.57 Å². The first kappa shape index (κ1) is 33.2. The number of benzene rings is 9. The van der Waals surface area contributed by atoms with Crippen LogP contribution in [0.1, 0.15) is 0 Å². The fourth-order valence-electron chi connectivity index (χ4n) is 8.09. The summed E-state index contributed by atoms with van der Waals surface area (Å²) < 4.78 is 2.39. The van der Waals surface area contributed by atoms with E-state index in [2.05, 4.69) is 240 Å². The largest absolute Gasteiger partial charge is 0.310 e. The average Bonchev–Trinajstić information content (AvgIpc) is 3.61. The summed E-state index contributed by atoms with van der Waals surface area (Å²) in [6.45, 7) is 0.